The van der Waals surface area contributed by atoms with Crippen molar-refractivity contribution in [2.45, 2.75) is 37.9 Å². The fourth-order valence-electron chi connectivity index (χ4n) is 4.68. The number of carbonyl (C=O) groups excluding carboxylic acids is 2. The minimum Gasteiger partial charge on any atom is -0.496 e. The summed E-state index contributed by atoms with van der Waals surface area (Å²) in [6.07, 6.45) is -1.28. The average Bonchev–Trinajstić information content (AvgIpc) is 2.93. The monoisotopic (exact) mass is 574 g/mol. The molecule has 1 heterocycles. The van der Waals surface area contributed by atoms with Crippen molar-refractivity contribution in [1.29, 1.82) is 0 Å². The number of hydrogen-bond acceptors (Lipinski definition) is 6. The van der Waals surface area contributed by atoms with E-state index in [1.54, 1.807) is 6.07 Å². The molecule has 1 aromatic heterocycles. The first-order valence-electron chi connectivity index (χ1n) is 12.6. The first kappa shape index (κ1) is 29.3. The molecule has 0 bridgehead atoms. The summed E-state index contributed by atoms with van der Waals surface area (Å²) in [5.41, 5.74) is -1.86. The Bertz CT molecular complexity index is 1460. The maximum Gasteiger partial charge on any atom is 0.419 e. The van der Waals surface area contributed by atoms with Crippen molar-refractivity contribution in [2.75, 3.05) is 23.1 Å². The fourth-order valence-corrected chi connectivity index (χ4v) is 4.68. The number of rotatable bonds is 8. The van der Waals surface area contributed by atoms with Crippen molar-refractivity contribution in [3.05, 3.63) is 77.2 Å². The lowest BCUT2D eigenvalue weighted by atomic mass is 9.85. The number of nitrogens with zero attached hydrogens (tertiary/aromatic N) is 1. The molecule has 41 heavy (non-hydrogen) atoms. The Morgan fingerprint density at radius 2 is 1.78 bits per heavy atom. The number of carbonyl (C=O) groups is 3. The number of aliphatic carboxylic acids is 1. The molecule has 1 aliphatic carbocycles. The molecule has 1 fully saturated rings. The smallest absolute Gasteiger partial charge is 0.419 e. The van der Waals surface area contributed by atoms with E-state index in [1.807, 2.05) is 0 Å². The zero-order valence-corrected chi connectivity index (χ0v) is 21.7. The van der Waals surface area contributed by atoms with Gasteiger partial charge in [-0.05, 0) is 55.7 Å². The van der Waals surface area contributed by atoms with Crippen LogP contribution in [0.4, 0.5) is 34.8 Å². The molecule has 0 aliphatic heterocycles. The Kier molecular flexibility index (Phi) is 8.74. The minimum atomic E-state index is -4.96. The maximum absolute atomic E-state index is 13.7. The number of carboxylic acid groups (broad SMARTS) is 1. The molecule has 2 amide bonds. The molecule has 4 rings (SSSR count). The zero-order valence-electron chi connectivity index (χ0n) is 21.7. The second-order valence-corrected chi connectivity index (χ2v) is 9.43. The molecular weight excluding hydrogens is 548 g/mol. The molecule has 0 radical (unpaired) electrons. The number of amides is 2. The molecule has 1 saturated carbocycles. The highest BCUT2D eigenvalue weighted by Gasteiger charge is 2.34. The number of ether oxygens (including phenoxy) is 1. The van der Waals surface area contributed by atoms with E-state index in [4.69, 9.17) is 4.74 Å². The zero-order chi connectivity index (χ0) is 29.7. The van der Waals surface area contributed by atoms with Gasteiger partial charge in [-0.3, -0.25) is 14.4 Å². The molecule has 9 nitrogen and oxygen atoms in total. The van der Waals surface area contributed by atoms with Gasteiger partial charge in [-0.2, -0.15) is 13.2 Å². The van der Waals surface area contributed by atoms with Gasteiger partial charge in [0, 0.05) is 17.9 Å². The van der Waals surface area contributed by atoms with Crippen LogP contribution in [0.25, 0.3) is 0 Å². The van der Waals surface area contributed by atoms with Crippen LogP contribution in [0.5, 0.6) is 5.75 Å². The van der Waals surface area contributed by atoms with Gasteiger partial charge in [0.15, 0.2) is 0 Å². The molecule has 2 unspecified atom stereocenters. The number of aromatic nitrogens is 1. The third-order valence-electron chi connectivity index (χ3n) is 6.67. The summed E-state index contributed by atoms with van der Waals surface area (Å²) in [7, 11) is 1.36. The largest absolute Gasteiger partial charge is 0.496 e. The molecular formula is C28H26F4N4O5. The predicted octanol–water partition coefficient (Wildman–Crippen LogP) is 5.81. The highest BCUT2D eigenvalue weighted by molar-refractivity contribution is 6.14. The number of alkyl halides is 3. The van der Waals surface area contributed by atoms with E-state index in [2.05, 4.69) is 20.9 Å². The van der Waals surface area contributed by atoms with E-state index in [1.165, 1.54) is 37.6 Å². The molecule has 4 N–H and O–H groups in total. The second kappa shape index (κ2) is 12.2. The molecule has 1 aliphatic rings. The molecule has 2 atom stereocenters. The van der Waals surface area contributed by atoms with E-state index >= 15 is 0 Å². The molecule has 0 saturated heterocycles. The number of methoxy groups -OCH3 is 1. The number of carboxylic acids is 1. The van der Waals surface area contributed by atoms with Crippen LogP contribution in [0.1, 0.15) is 52.0 Å². The molecule has 216 valence electrons. The Morgan fingerprint density at radius 3 is 2.49 bits per heavy atom. The van der Waals surface area contributed by atoms with Gasteiger partial charge in [-0.1, -0.05) is 18.6 Å². The van der Waals surface area contributed by atoms with Crippen molar-refractivity contribution in [1.82, 2.24) is 4.98 Å². The van der Waals surface area contributed by atoms with Gasteiger partial charge in [0.05, 0.1) is 29.8 Å². The van der Waals surface area contributed by atoms with Gasteiger partial charge in [-0.15, -0.1) is 0 Å². The third-order valence-corrected chi connectivity index (χ3v) is 6.67. The number of para-hydroxylation sites is 1. The van der Waals surface area contributed by atoms with Crippen molar-refractivity contribution in [2.24, 2.45) is 5.92 Å². The molecule has 3 aromatic rings. The van der Waals surface area contributed by atoms with Crippen LogP contribution in [-0.4, -0.2) is 41.0 Å². The molecule has 2 aromatic carbocycles. The Labute approximate surface area is 231 Å². The van der Waals surface area contributed by atoms with Gasteiger partial charge in [0.1, 0.15) is 22.9 Å². The number of benzene rings is 2. The lowest BCUT2D eigenvalue weighted by Gasteiger charge is -2.28. The summed E-state index contributed by atoms with van der Waals surface area (Å²) in [6.45, 7) is 0. The fraction of sp³-hybridized carbons (Fsp3) is 0.286. The number of nitrogens with one attached hydrogen (secondary N) is 3. The Morgan fingerprint density at radius 1 is 1.02 bits per heavy atom. The summed E-state index contributed by atoms with van der Waals surface area (Å²) < 4.78 is 58.4. The van der Waals surface area contributed by atoms with Crippen LogP contribution in [0.15, 0.2) is 54.7 Å². The molecule has 0 spiro atoms. The van der Waals surface area contributed by atoms with E-state index < -0.39 is 41.3 Å². The first-order valence-corrected chi connectivity index (χ1v) is 12.6. The summed E-state index contributed by atoms with van der Waals surface area (Å²) in [5, 5.41) is 17.5. The van der Waals surface area contributed by atoms with Crippen molar-refractivity contribution < 1.29 is 41.8 Å². The van der Waals surface area contributed by atoms with Crippen molar-refractivity contribution >= 4 is 35.0 Å². The quantitative estimate of drug-likeness (QED) is 0.250. The van der Waals surface area contributed by atoms with Crippen LogP contribution < -0.4 is 20.7 Å². The van der Waals surface area contributed by atoms with Crippen LogP contribution >= 0.6 is 0 Å². The van der Waals surface area contributed by atoms with Crippen LogP contribution in [-0.2, 0) is 11.0 Å². The van der Waals surface area contributed by atoms with Gasteiger partial charge >= 0.3 is 12.1 Å². The number of hydrogen-bond donors (Lipinski definition) is 4. The van der Waals surface area contributed by atoms with E-state index in [9.17, 15) is 37.1 Å². The first-order chi connectivity index (χ1) is 19.5. The van der Waals surface area contributed by atoms with Crippen LogP contribution in [0.2, 0.25) is 0 Å². The standard InChI is InChI=1S/C28H26F4N4O5/c1-41-22-11-12-33-24(34-16-6-4-5-15(13-16)27(39)40)23(22)26(38)36-21-8-3-2-7-18(21)25(37)35-17-9-10-20(29)19(14-17)28(30,31)32/h2-3,7-12,14-16H,4-6,13H2,1H3,(H,33,34)(H,35,37)(H,36,38)(H,39,40). The maximum atomic E-state index is 13.7. The summed E-state index contributed by atoms with van der Waals surface area (Å²) in [4.78, 5) is 42.2. The van der Waals surface area contributed by atoms with E-state index in [-0.39, 0.29) is 40.1 Å². The van der Waals surface area contributed by atoms with Crippen molar-refractivity contribution in [3.8, 4) is 5.75 Å². The Balaban J connectivity index is 1.57. The normalized spacial score (nSPS) is 16.9. The number of halogens is 4. The average molecular weight is 575 g/mol. The lowest BCUT2D eigenvalue weighted by molar-refractivity contribution is -0.143. The topological polar surface area (TPSA) is 130 Å². The lowest BCUT2D eigenvalue weighted by Crippen LogP contribution is -2.32. The second-order valence-electron chi connectivity index (χ2n) is 9.43. The SMILES string of the molecule is COc1ccnc(NC2CCCC(C(=O)O)C2)c1C(=O)Nc1ccccc1C(=O)Nc1ccc(F)c(C(F)(F)F)c1. The van der Waals surface area contributed by atoms with Crippen LogP contribution in [0.3, 0.4) is 0 Å². The summed E-state index contributed by atoms with van der Waals surface area (Å²) in [5.74, 6) is -4.13. The highest BCUT2D eigenvalue weighted by Crippen LogP contribution is 2.34. The predicted molar refractivity (Wildman–Crippen MR) is 142 cm³/mol. The van der Waals surface area contributed by atoms with Crippen LogP contribution in [0, 0.1) is 11.7 Å². The van der Waals surface area contributed by atoms with Crippen molar-refractivity contribution in [3.63, 3.8) is 0 Å². The molecule has 13 heteroatoms. The van der Waals surface area contributed by atoms with Gasteiger partial charge in [0.25, 0.3) is 11.8 Å². The Hall–Kier alpha value is -4.68. The third kappa shape index (κ3) is 6.91. The van der Waals surface area contributed by atoms with E-state index in [0.29, 0.717) is 37.8 Å². The number of pyridine rings is 1. The minimum absolute atomic E-state index is 0.0102. The van der Waals surface area contributed by atoms with Gasteiger partial charge in [0.2, 0.25) is 0 Å². The highest BCUT2D eigenvalue weighted by atomic mass is 19.4. The summed E-state index contributed by atoms with van der Waals surface area (Å²) in [6, 6.07) is 9.09. The van der Waals surface area contributed by atoms with Gasteiger partial charge in [-0.25, -0.2) is 9.37 Å². The number of anilines is 3. The van der Waals surface area contributed by atoms with Gasteiger partial charge < -0.3 is 25.8 Å². The summed E-state index contributed by atoms with van der Waals surface area (Å²) >= 11 is 0. The van der Waals surface area contributed by atoms with E-state index in [0.717, 1.165) is 6.07 Å².